The maximum Gasteiger partial charge on any atom is 0.418 e. The third-order valence-electron chi connectivity index (χ3n) is 5.61. The van der Waals surface area contributed by atoms with E-state index in [4.69, 9.17) is 4.74 Å². The van der Waals surface area contributed by atoms with Gasteiger partial charge in [-0.2, -0.15) is 26.3 Å². The zero-order valence-corrected chi connectivity index (χ0v) is 21.2. The first kappa shape index (κ1) is 29.1. The molecule has 2 heterocycles. The molecule has 3 aromatic rings. The first-order valence-electron chi connectivity index (χ1n) is 11.6. The second-order valence-electron chi connectivity index (χ2n) is 8.34. The maximum absolute atomic E-state index is 14.2. The van der Waals surface area contributed by atoms with Crippen molar-refractivity contribution >= 4 is 35.3 Å². The summed E-state index contributed by atoms with van der Waals surface area (Å²) in [5.74, 6) is -1.27. The van der Waals surface area contributed by atoms with Crippen LogP contribution in [0.15, 0.2) is 70.9 Å². The Balaban J connectivity index is 1.67. The Morgan fingerprint density at radius 1 is 0.975 bits per heavy atom. The van der Waals surface area contributed by atoms with Crippen LogP contribution in [-0.4, -0.2) is 53.0 Å². The van der Waals surface area contributed by atoms with Gasteiger partial charge in [0.05, 0.1) is 30.5 Å². The number of rotatable bonds is 6. The van der Waals surface area contributed by atoms with Crippen LogP contribution in [0.2, 0.25) is 0 Å². The largest absolute Gasteiger partial charge is 0.418 e. The molecule has 1 fully saturated rings. The molecule has 4 rings (SSSR count). The second kappa shape index (κ2) is 12.1. The van der Waals surface area contributed by atoms with Crippen molar-refractivity contribution in [1.82, 2.24) is 14.9 Å². The van der Waals surface area contributed by atoms with Crippen LogP contribution in [0, 0.1) is 0 Å². The summed E-state index contributed by atoms with van der Waals surface area (Å²) in [6, 6.07) is 7.42. The van der Waals surface area contributed by atoms with E-state index in [0.717, 1.165) is 24.3 Å². The predicted molar refractivity (Wildman–Crippen MR) is 133 cm³/mol. The number of nitrogens with one attached hydrogen (secondary N) is 1. The zero-order chi connectivity index (χ0) is 28.9. The molecule has 0 bridgehead atoms. The van der Waals surface area contributed by atoms with Crippen LogP contribution >= 0.6 is 11.8 Å². The van der Waals surface area contributed by atoms with E-state index in [2.05, 4.69) is 15.3 Å². The van der Waals surface area contributed by atoms with E-state index in [-0.39, 0.29) is 42.6 Å². The van der Waals surface area contributed by atoms with E-state index in [9.17, 15) is 35.9 Å². The molecule has 210 valence electrons. The fraction of sp³-hybridized carbons (Fsp3) is 0.231. The number of anilines is 1. The molecule has 40 heavy (non-hydrogen) atoms. The summed E-state index contributed by atoms with van der Waals surface area (Å²) in [5.41, 5.74) is -4.39. The van der Waals surface area contributed by atoms with Crippen molar-refractivity contribution in [3.05, 3.63) is 83.4 Å². The molecule has 0 atom stereocenters. The third-order valence-corrected chi connectivity index (χ3v) is 6.66. The van der Waals surface area contributed by atoms with Gasteiger partial charge in [0, 0.05) is 47.0 Å². The summed E-state index contributed by atoms with van der Waals surface area (Å²) in [6.07, 6.45) is -5.30. The van der Waals surface area contributed by atoms with Crippen LogP contribution in [0.4, 0.5) is 32.0 Å². The first-order chi connectivity index (χ1) is 18.9. The number of amides is 2. The number of hydrogen-bond donors (Lipinski definition) is 1. The molecule has 0 spiro atoms. The van der Waals surface area contributed by atoms with Crippen LogP contribution in [-0.2, 0) is 21.9 Å². The molecule has 0 saturated carbocycles. The van der Waals surface area contributed by atoms with Gasteiger partial charge in [0.1, 0.15) is 5.69 Å². The molecule has 0 radical (unpaired) electrons. The summed E-state index contributed by atoms with van der Waals surface area (Å²) in [4.78, 5) is 33.1. The Labute approximate surface area is 228 Å². The van der Waals surface area contributed by atoms with Crippen molar-refractivity contribution < 1.29 is 40.7 Å². The average Bonchev–Trinajstić information content (AvgIpc) is 2.92. The van der Waals surface area contributed by atoms with E-state index < -0.39 is 45.8 Å². The minimum atomic E-state index is -5.38. The monoisotopic (exact) mass is 582 g/mol. The quantitative estimate of drug-likeness (QED) is 0.293. The highest BCUT2D eigenvalue weighted by molar-refractivity contribution is 7.99. The molecule has 1 aliphatic rings. The number of aromatic nitrogens is 2. The number of benzene rings is 2. The molecule has 2 aromatic carbocycles. The molecule has 0 unspecified atom stereocenters. The minimum Gasteiger partial charge on any atom is -0.378 e. The molecule has 0 aliphatic carbocycles. The Bertz CT molecular complexity index is 1410. The lowest BCUT2D eigenvalue weighted by Crippen LogP contribution is -2.39. The maximum atomic E-state index is 14.2. The van der Waals surface area contributed by atoms with E-state index in [0.29, 0.717) is 11.8 Å². The summed E-state index contributed by atoms with van der Waals surface area (Å²) in [6.45, 7) is 0.944. The van der Waals surface area contributed by atoms with Gasteiger partial charge in [-0.25, -0.2) is 4.98 Å². The fourth-order valence-corrected chi connectivity index (χ4v) is 4.88. The standard InChI is InChI=1S/C26H20F6N4O3S/c27-25(28,29)22-16(5-7-21(37)36-10-12-39-13-11-36)4-6-20(23(22)26(30,31)32)40-18-3-1-2-17(14-18)35-24(38)19-15-33-8-9-34-19/h1-9,14-15H,10-13H2,(H,35,38). The number of nitrogens with zero attached hydrogens (tertiary/aromatic N) is 3. The highest BCUT2D eigenvalue weighted by Gasteiger charge is 2.46. The lowest BCUT2D eigenvalue weighted by Gasteiger charge is -2.25. The molecule has 1 aliphatic heterocycles. The highest BCUT2D eigenvalue weighted by atomic mass is 32.2. The number of alkyl halides is 6. The van der Waals surface area contributed by atoms with Gasteiger partial charge in [-0.05, 0) is 35.9 Å². The topological polar surface area (TPSA) is 84.4 Å². The van der Waals surface area contributed by atoms with Crippen LogP contribution in [0.5, 0.6) is 0 Å². The number of carbonyl (C=O) groups is 2. The first-order valence-corrected chi connectivity index (χ1v) is 12.5. The summed E-state index contributed by atoms with van der Waals surface area (Å²) < 4.78 is 89.9. The Morgan fingerprint density at radius 2 is 1.70 bits per heavy atom. The Morgan fingerprint density at radius 3 is 2.35 bits per heavy atom. The molecular formula is C26H20F6N4O3S. The molecule has 14 heteroatoms. The van der Waals surface area contributed by atoms with Gasteiger partial charge in [0.25, 0.3) is 5.91 Å². The second-order valence-corrected chi connectivity index (χ2v) is 9.46. The van der Waals surface area contributed by atoms with Gasteiger partial charge in [0.15, 0.2) is 0 Å². The van der Waals surface area contributed by atoms with E-state index in [1.807, 2.05) is 0 Å². The van der Waals surface area contributed by atoms with Gasteiger partial charge in [-0.15, -0.1) is 0 Å². The van der Waals surface area contributed by atoms with Crippen LogP contribution in [0.1, 0.15) is 27.2 Å². The number of halogens is 6. The Hall–Kier alpha value is -3.91. The number of morpholine rings is 1. The lowest BCUT2D eigenvalue weighted by molar-refractivity contribution is -0.163. The van der Waals surface area contributed by atoms with Crippen molar-refractivity contribution in [2.45, 2.75) is 22.1 Å². The minimum absolute atomic E-state index is 0.00882. The van der Waals surface area contributed by atoms with Crippen molar-refractivity contribution in [3.8, 4) is 0 Å². The van der Waals surface area contributed by atoms with Crippen molar-refractivity contribution in [1.29, 1.82) is 0 Å². The molecule has 1 N–H and O–H groups in total. The fourth-order valence-electron chi connectivity index (χ4n) is 3.84. The molecular weight excluding hydrogens is 562 g/mol. The smallest absolute Gasteiger partial charge is 0.378 e. The Kier molecular flexibility index (Phi) is 8.79. The lowest BCUT2D eigenvalue weighted by atomic mass is 9.99. The highest BCUT2D eigenvalue weighted by Crippen LogP contribution is 2.48. The van der Waals surface area contributed by atoms with Gasteiger partial charge >= 0.3 is 12.4 Å². The van der Waals surface area contributed by atoms with E-state index in [1.165, 1.54) is 47.8 Å². The SMILES string of the molecule is O=C(Nc1cccc(Sc2ccc(C=CC(=O)N3CCOCC3)c(C(F)(F)F)c2C(F)(F)F)c1)c1cnccn1. The van der Waals surface area contributed by atoms with Gasteiger partial charge in [-0.1, -0.05) is 23.9 Å². The van der Waals surface area contributed by atoms with Crippen molar-refractivity contribution in [2.75, 3.05) is 31.6 Å². The number of hydrogen-bond acceptors (Lipinski definition) is 6. The molecule has 1 aromatic heterocycles. The normalized spacial score (nSPS) is 14.4. The third kappa shape index (κ3) is 7.18. The van der Waals surface area contributed by atoms with Crippen LogP contribution < -0.4 is 5.32 Å². The van der Waals surface area contributed by atoms with Gasteiger partial charge in [0.2, 0.25) is 5.91 Å². The van der Waals surface area contributed by atoms with Crippen molar-refractivity contribution in [3.63, 3.8) is 0 Å². The summed E-state index contributed by atoms with van der Waals surface area (Å²) in [7, 11) is 0. The van der Waals surface area contributed by atoms with Crippen LogP contribution in [0.25, 0.3) is 6.08 Å². The van der Waals surface area contributed by atoms with Crippen LogP contribution in [0.3, 0.4) is 0 Å². The van der Waals surface area contributed by atoms with Gasteiger partial charge < -0.3 is 15.0 Å². The average molecular weight is 583 g/mol. The molecule has 1 saturated heterocycles. The van der Waals surface area contributed by atoms with E-state index in [1.54, 1.807) is 0 Å². The summed E-state index contributed by atoms with van der Waals surface area (Å²) in [5, 5.41) is 2.52. The molecule has 2 amide bonds. The predicted octanol–water partition coefficient (Wildman–Crippen LogP) is 5.79. The van der Waals surface area contributed by atoms with E-state index >= 15 is 0 Å². The number of ether oxygens (including phenoxy) is 1. The summed E-state index contributed by atoms with van der Waals surface area (Å²) >= 11 is 0.452. The molecule has 7 nitrogen and oxygen atoms in total. The zero-order valence-electron chi connectivity index (χ0n) is 20.4. The van der Waals surface area contributed by atoms with Crippen molar-refractivity contribution in [2.24, 2.45) is 0 Å². The number of carbonyl (C=O) groups excluding carboxylic acids is 2. The van der Waals surface area contributed by atoms with Gasteiger partial charge in [-0.3, -0.25) is 14.6 Å².